The van der Waals surface area contributed by atoms with Crippen LogP contribution in [0.25, 0.3) is 0 Å². The summed E-state index contributed by atoms with van der Waals surface area (Å²) in [5.74, 6) is -0.737. The van der Waals surface area contributed by atoms with Gasteiger partial charge in [0.25, 0.3) is 5.91 Å². The molecule has 1 aromatic carbocycles. The highest BCUT2D eigenvalue weighted by molar-refractivity contribution is 7.13. The molecule has 8 nitrogen and oxygen atoms in total. The normalized spacial score (nSPS) is 11.3. The van der Waals surface area contributed by atoms with Crippen molar-refractivity contribution in [3.63, 3.8) is 0 Å². The van der Waals surface area contributed by atoms with Crippen LogP contribution in [-0.2, 0) is 12.6 Å². The highest BCUT2D eigenvalue weighted by Crippen LogP contribution is 2.36. The number of anilines is 3. The lowest BCUT2D eigenvalue weighted by Gasteiger charge is -2.11. The van der Waals surface area contributed by atoms with Gasteiger partial charge in [0.05, 0.1) is 21.8 Å². The molecule has 0 radical (unpaired) electrons. The monoisotopic (exact) mass is 566 g/mol. The first-order valence-corrected chi connectivity index (χ1v) is 12.0. The van der Waals surface area contributed by atoms with E-state index in [4.69, 9.17) is 23.2 Å². The SMILES string of the molecule is O=C(Nc1ccc(Cl)c(C(F)(F)F)c1)c1cnc(CCC(=O)c2ncnc(Nc3ccncc3)c2Cl)s1. The number of aromatic nitrogens is 4. The van der Waals surface area contributed by atoms with E-state index in [0.717, 1.165) is 23.5 Å². The van der Waals surface area contributed by atoms with Gasteiger partial charge in [0.1, 0.15) is 21.9 Å². The molecular formula is C23H15Cl2F3N6O2S. The van der Waals surface area contributed by atoms with Gasteiger partial charge < -0.3 is 10.6 Å². The second kappa shape index (κ2) is 11.2. The molecule has 0 bridgehead atoms. The molecule has 0 fully saturated rings. The number of Topliss-reactive ketones (excluding diaryl/α,β-unsaturated/α-hetero) is 1. The molecule has 4 rings (SSSR count). The van der Waals surface area contributed by atoms with E-state index >= 15 is 0 Å². The largest absolute Gasteiger partial charge is 0.417 e. The Morgan fingerprint density at radius 2 is 1.76 bits per heavy atom. The number of carbonyl (C=O) groups excluding carboxylic acids is 2. The number of rotatable bonds is 8. The molecule has 190 valence electrons. The van der Waals surface area contributed by atoms with Crippen LogP contribution in [0.3, 0.4) is 0 Å². The zero-order chi connectivity index (χ0) is 26.6. The molecule has 0 aliphatic carbocycles. The van der Waals surface area contributed by atoms with Gasteiger partial charge in [-0.1, -0.05) is 23.2 Å². The fourth-order valence-electron chi connectivity index (χ4n) is 3.11. The maximum Gasteiger partial charge on any atom is 0.417 e. The molecule has 3 aromatic heterocycles. The molecule has 3 heterocycles. The number of hydrogen-bond donors (Lipinski definition) is 2. The number of nitrogens with one attached hydrogen (secondary N) is 2. The predicted molar refractivity (Wildman–Crippen MR) is 134 cm³/mol. The molecular weight excluding hydrogens is 552 g/mol. The number of halogens is 5. The van der Waals surface area contributed by atoms with E-state index in [2.05, 4.69) is 30.6 Å². The zero-order valence-electron chi connectivity index (χ0n) is 18.5. The van der Waals surface area contributed by atoms with Crippen molar-refractivity contribution < 1.29 is 22.8 Å². The Kier molecular flexibility index (Phi) is 8.00. The van der Waals surface area contributed by atoms with Crippen LogP contribution in [0.2, 0.25) is 10.0 Å². The third kappa shape index (κ3) is 6.59. The van der Waals surface area contributed by atoms with Crippen molar-refractivity contribution in [2.24, 2.45) is 0 Å². The quantitative estimate of drug-likeness (QED) is 0.235. The van der Waals surface area contributed by atoms with Gasteiger partial charge >= 0.3 is 6.18 Å². The van der Waals surface area contributed by atoms with Crippen LogP contribution in [0.5, 0.6) is 0 Å². The van der Waals surface area contributed by atoms with E-state index in [1.807, 2.05) is 0 Å². The van der Waals surface area contributed by atoms with E-state index in [1.54, 1.807) is 24.5 Å². The highest BCUT2D eigenvalue weighted by atomic mass is 35.5. The Hall–Kier alpha value is -3.61. The van der Waals surface area contributed by atoms with E-state index in [1.165, 1.54) is 18.6 Å². The zero-order valence-corrected chi connectivity index (χ0v) is 20.8. The Morgan fingerprint density at radius 3 is 2.49 bits per heavy atom. The number of pyridine rings is 1. The fourth-order valence-corrected chi connectivity index (χ4v) is 4.39. The molecule has 4 aromatic rings. The smallest absolute Gasteiger partial charge is 0.339 e. The van der Waals surface area contributed by atoms with Crippen LogP contribution in [0.4, 0.5) is 30.4 Å². The van der Waals surface area contributed by atoms with Gasteiger partial charge in [-0.15, -0.1) is 11.3 Å². The minimum Gasteiger partial charge on any atom is -0.339 e. The van der Waals surface area contributed by atoms with Crippen LogP contribution in [0.1, 0.15) is 37.2 Å². The average Bonchev–Trinajstić information content (AvgIpc) is 3.34. The lowest BCUT2D eigenvalue weighted by molar-refractivity contribution is -0.137. The van der Waals surface area contributed by atoms with Crippen molar-refractivity contribution in [1.29, 1.82) is 0 Å². The van der Waals surface area contributed by atoms with Crippen molar-refractivity contribution >= 4 is 63.4 Å². The number of ketones is 1. The van der Waals surface area contributed by atoms with Gasteiger partial charge in [-0.2, -0.15) is 13.2 Å². The third-order valence-electron chi connectivity index (χ3n) is 4.87. The Balaban J connectivity index is 1.38. The van der Waals surface area contributed by atoms with Gasteiger partial charge in [-0.05, 0) is 30.3 Å². The molecule has 0 spiro atoms. The molecule has 14 heteroatoms. The molecule has 0 aliphatic rings. The Morgan fingerprint density at radius 1 is 1.00 bits per heavy atom. The Labute approximate surface area is 221 Å². The summed E-state index contributed by atoms with van der Waals surface area (Å²) in [6, 6.07) is 6.49. The first kappa shape index (κ1) is 26.5. The highest BCUT2D eigenvalue weighted by Gasteiger charge is 2.33. The summed E-state index contributed by atoms with van der Waals surface area (Å²) in [6.07, 6.45) is 1.22. The van der Waals surface area contributed by atoms with E-state index in [0.29, 0.717) is 10.7 Å². The number of hydrogen-bond acceptors (Lipinski definition) is 8. The standard InChI is InChI=1S/C23H15Cl2F3N6O2S/c24-15-2-1-13(9-14(15)23(26,27)28)34-22(36)17-10-30-18(37-17)4-3-16(35)20-19(25)21(32-11-31-20)33-12-5-7-29-8-6-12/h1-2,5-11H,3-4H2,(H,34,36)(H,29,31,32,33). The van der Waals surface area contributed by atoms with Crippen molar-refractivity contribution in [2.75, 3.05) is 10.6 Å². The number of alkyl halides is 3. The number of carbonyl (C=O) groups is 2. The number of thiazole rings is 1. The minimum absolute atomic E-state index is 0.00608. The molecule has 0 atom stereocenters. The second-order valence-corrected chi connectivity index (χ2v) is 9.33. The summed E-state index contributed by atoms with van der Waals surface area (Å²) in [5.41, 5.74) is -0.416. The topological polar surface area (TPSA) is 110 Å². The van der Waals surface area contributed by atoms with Crippen LogP contribution in [-0.4, -0.2) is 31.6 Å². The van der Waals surface area contributed by atoms with Crippen LogP contribution < -0.4 is 10.6 Å². The van der Waals surface area contributed by atoms with Gasteiger partial charge in [-0.3, -0.25) is 14.6 Å². The lowest BCUT2D eigenvalue weighted by Crippen LogP contribution is -2.12. The summed E-state index contributed by atoms with van der Waals surface area (Å²) in [6.45, 7) is 0. The molecule has 2 N–H and O–H groups in total. The van der Waals surface area contributed by atoms with Gasteiger partial charge in [0.2, 0.25) is 0 Å². The second-order valence-electron chi connectivity index (χ2n) is 7.43. The molecule has 0 unspecified atom stereocenters. The molecule has 37 heavy (non-hydrogen) atoms. The predicted octanol–water partition coefficient (Wildman–Crippen LogP) is 6.47. The van der Waals surface area contributed by atoms with Crippen molar-refractivity contribution in [3.8, 4) is 0 Å². The summed E-state index contributed by atoms with van der Waals surface area (Å²) in [4.78, 5) is 41.5. The van der Waals surface area contributed by atoms with Crippen LogP contribution in [0.15, 0.2) is 55.2 Å². The number of benzene rings is 1. The number of aryl methyl sites for hydroxylation is 1. The minimum atomic E-state index is -4.66. The first-order valence-electron chi connectivity index (χ1n) is 10.5. The van der Waals surface area contributed by atoms with Crippen molar-refractivity contribution in [1.82, 2.24) is 19.9 Å². The van der Waals surface area contributed by atoms with Gasteiger partial charge in [-0.25, -0.2) is 15.0 Å². The maximum atomic E-state index is 13.1. The lowest BCUT2D eigenvalue weighted by atomic mass is 10.1. The average molecular weight is 567 g/mol. The van der Waals surface area contributed by atoms with Gasteiger partial charge in [0.15, 0.2) is 11.6 Å². The van der Waals surface area contributed by atoms with Gasteiger partial charge in [0, 0.05) is 36.6 Å². The van der Waals surface area contributed by atoms with Crippen LogP contribution >= 0.6 is 34.5 Å². The number of amides is 1. The molecule has 0 saturated heterocycles. The van der Waals surface area contributed by atoms with Crippen LogP contribution in [0, 0.1) is 0 Å². The van der Waals surface area contributed by atoms with E-state index < -0.39 is 22.7 Å². The molecule has 0 aliphatic heterocycles. The summed E-state index contributed by atoms with van der Waals surface area (Å²) in [7, 11) is 0. The summed E-state index contributed by atoms with van der Waals surface area (Å²) in [5, 5.41) is 5.45. The number of nitrogens with zero attached hydrogens (tertiary/aromatic N) is 4. The van der Waals surface area contributed by atoms with Crippen molar-refractivity contribution in [3.05, 3.63) is 86.4 Å². The Bertz CT molecular complexity index is 1450. The van der Waals surface area contributed by atoms with Crippen molar-refractivity contribution in [2.45, 2.75) is 19.0 Å². The first-order chi connectivity index (χ1) is 17.6. The van der Waals surface area contributed by atoms with E-state index in [-0.39, 0.29) is 45.7 Å². The fraction of sp³-hybridized carbons (Fsp3) is 0.130. The molecule has 0 saturated carbocycles. The maximum absolute atomic E-state index is 13.1. The molecule has 1 amide bonds. The summed E-state index contributed by atoms with van der Waals surface area (Å²) >= 11 is 13.0. The summed E-state index contributed by atoms with van der Waals surface area (Å²) < 4.78 is 39.2. The third-order valence-corrected chi connectivity index (χ3v) is 6.61. The van der Waals surface area contributed by atoms with E-state index in [9.17, 15) is 22.8 Å².